The number of imidazole rings is 1. The Bertz CT molecular complexity index is 1530. The van der Waals surface area contributed by atoms with Crippen LogP contribution in [0.1, 0.15) is 41.5 Å². The molecule has 2 amide bonds. The van der Waals surface area contributed by atoms with E-state index in [1.165, 1.54) is 18.3 Å². The molecule has 39 heavy (non-hydrogen) atoms. The average Bonchev–Trinajstić information content (AvgIpc) is 3.34. The highest BCUT2D eigenvalue weighted by atomic mass is 19.1. The first-order chi connectivity index (χ1) is 19.0. The lowest BCUT2D eigenvalue weighted by Gasteiger charge is -2.34. The smallest absolute Gasteiger partial charge is 0.256 e. The molecule has 4 heterocycles. The number of nitrogen functional groups attached to an aromatic ring is 1. The van der Waals surface area contributed by atoms with Gasteiger partial charge in [-0.05, 0) is 37.5 Å². The number of nitrogens with two attached hydrogens (primary N) is 1. The van der Waals surface area contributed by atoms with Crippen LogP contribution in [0.15, 0.2) is 67.1 Å². The van der Waals surface area contributed by atoms with E-state index in [0.29, 0.717) is 41.6 Å². The van der Waals surface area contributed by atoms with E-state index in [0.717, 1.165) is 30.9 Å². The number of anilines is 2. The van der Waals surface area contributed by atoms with Crippen LogP contribution < -0.4 is 11.1 Å². The number of methoxy groups -OCH3 is 1. The number of benzene rings is 1. The molecular weight excluding hydrogens is 501 g/mol. The molecule has 1 aliphatic heterocycles. The van der Waals surface area contributed by atoms with Crippen molar-refractivity contribution in [1.82, 2.24) is 24.3 Å². The van der Waals surface area contributed by atoms with Gasteiger partial charge in [0.05, 0.1) is 12.6 Å². The fraction of sp³-hybridized carbons (Fsp3) is 0.250. The maximum Gasteiger partial charge on any atom is 0.256 e. The van der Waals surface area contributed by atoms with Crippen molar-refractivity contribution in [1.29, 1.82) is 0 Å². The molecule has 1 unspecified atom stereocenters. The second-order valence-electron chi connectivity index (χ2n) is 9.14. The average molecular weight is 530 g/mol. The zero-order valence-corrected chi connectivity index (χ0v) is 21.4. The fourth-order valence-corrected chi connectivity index (χ4v) is 4.77. The van der Waals surface area contributed by atoms with Crippen molar-refractivity contribution >= 4 is 29.0 Å². The van der Waals surface area contributed by atoms with Gasteiger partial charge in [-0.2, -0.15) is 0 Å². The number of hydrogen-bond donors (Lipinski definition) is 2. The molecule has 1 aliphatic rings. The first-order valence-electron chi connectivity index (χ1n) is 12.6. The number of rotatable bonds is 7. The van der Waals surface area contributed by atoms with Crippen molar-refractivity contribution in [2.75, 3.05) is 31.3 Å². The molecule has 0 radical (unpaired) electrons. The molecule has 200 valence electrons. The van der Waals surface area contributed by atoms with Gasteiger partial charge in [0, 0.05) is 55.5 Å². The molecule has 1 fully saturated rings. The Labute approximate surface area is 224 Å². The number of aromatic nitrogens is 4. The number of fused-ring (bicyclic) bond motifs is 1. The predicted molar refractivity (Wildman–Crippen MR) is 144 cm³/mol. The van der Waals surface area contributed by atoms with Crippen molar-refractivity contribution in [3.8, 4) is 11.3 Å². The summed E-state index contributed by atoms with van der Waals surface area (Å²) < 4.78 is 20.4. The standard InChI is InChI=1S/C28H28FN7O3/c1-39-16-4-6-23(37)35-14-3-2-5-21(35)27-34-24(25-26(30)32-13-15-36(25)27)18-7-9-19(10-8-18)28(38)33-22-17-20(29)11-12-31-22/h4,6-13,15,17,21H,2-3,5,14,16H2,1H3,(H2,30,32)(H,31,33,38)/b6-4+. The van der Waals surface area contributed by atoms with E-state index in [1.807, 2.05) is 9.30 Å². The van der Waals surface area contributed by atoms with Gasteiger partial charge in [-0.15, -0.1) is 0 Å². The number of carbonyl (C=O) groups is 2. The number of halogens is 1. The first kappa shape index (κ1) is 26.0. The Morgan fingerprint density at radius 1 is 1.18 bits per heavy atom. The highest BCUT2D eigenvalue weighted by Gasteiger charge is 2.31. The van der Waals surface area contributed by atoms with Gasteiger partial charge in [-0.1, -0.05) is 18.2 Å². The normalized spacial score (nSPS) is 15.6. The van der Waals surface area contributed by atoms with E-state index in [2.05, 4.69) is 15.3 Å². The summed E-state index contributed by atoms with van der Waals surface area (Å²) in [7, 11) is 1.58. The third-order valence-corrected chi connectivity index (χ3v) is 6.60. The molecule has 3 N–H and O–H groups in total. The number of ether oxygens (including phenoxy) is 1. The van der Waals surface area contributed by atoms with Crippen LogP contribution >= 0.6 is 0 Å². The van der Waals surface area contributed by atoms with Gasteiger partial charge in [0.15, 0.2) is 0 Å². The zero-order valence-electron chi connectivity index (χ0n) is 21.4. The van der Waals surface area contributed by atoms with Crippen molar-refractivity contribution in [2.45, 2.75) is 25.3 Å². The van der Waals surface area contributed by atoms with Gasteiger partial charge in [0.25, 0.3) is 5.91 Å². The fourth-order valence-electron chi connectivity index (χ4n) is 4.77. The lowest BCUT2D eigenvalue weighted by molar-refractivity contribution is -0.130. The highest BCUT2D eigenvalue weighted by Crippen LogP contribution is 2.36. The van der Waals surface area contributed by atoms with Gasteiger partial charge in [0.1, 0.15) is 34.5 Å². The quantitative estimate of drug-likeness (QED) is 0.346. The Kier molecular flexibility index (Phi) is 7.60. The molecule has 1 aromatic carbocycles. The Hall–Kier alpha value is -4.64. The minimum absolute atomic E-state index is 0.0970. The summed E-state index contributed by atoms with van der Waals surface area (Å²) in [6.45, 7) is 0.977. The van der Waals surface area contributed by atoms with E-state index in [4.69, 9.17) is 15.5 Å². The maximum absolute atomic E-state index is 13.4. The summed E-state index contributed by atoms with van der Waals surface area (Å²) in [6.07, 6.45) is 10.6. The van der Waals surface area contributed by atoms with Crippen molar-refractivity contribution in [3.63, 3.8) is 0 Å². The van der Waals surface area contributed by atoms with Gasteiger partial charge >= 0.3 is 0 Å². The summed E-state index contributed by atoms with van der Waals surface area (Å²) in [5, 5.41) is 2.59. The molecule has 3 aromatic heterocycles. The van der Waals surface area contributed by atoms with Crippen LogP contribution in [0, 0.1) is 5.82 Å². The second kappa shape index (κ2) is 11.4. The van der Waals surface area contributed by atoms with Crippen molar-refractivity contribution < 1.29 is 18.7 Å². The predicted octanol–water partition coefficient (Wildman–Crippen LogP) is 4.02. The minimum Gasteiger partial charge on any atom is -0.382 e. The SMILES string of the molecule is COC/C=C/C(=O)N1CCCCC1c1nc(-c2ccc(C(=O)Nc3cc(F)ccn3)cc2)c2c(N)nccn12. The number of piperidine rings is 1. The van der Waals surface area contributed by atoms with Crippen LogP contribution in [-0.2, 0) is 9.53 Å². The van der Waals surface area contributed by atoms with E-state index < -0.39 is 11.7 Å². The van der Waals surface area contributed by atoms with Crippen molar-refractivity contribution in [3.05, 3.63) is 84.3 Å². The number of nitrogens with one attached hydrogen (secondary N) is 1. The lowest BCUT2D eigenvalue weighted by Crippen LogP contribution is -2.38. The number of hydrogen-bond acceptors (Lipinski definition) is 7. The lowest BCUT2D eigenvalue weighted by atomic mass is 10.0. The molecule has 11 heteroatoms. The second-order valence-corrected chi connectivity index (χ2v) is 9.14. The minimum atomic E-state index is -0.492. The Balaban J connectivity index is 1.47. The summed E-state index contributed by atoms with van der Waals surface area (Å²) in [5.41, 5.74) is 8.63. The van der Waals surface area contributed by atoms with E-state index >= 15 is 0 Å². The van der Waals surface area contributed by atoms with Gasteiger partial charge in [0.2, 0.25) is 5.91 Å². The molecule has 0 spiro atoms. The van der Waals surface area contributed by atoms with Crippen LogP contribution in [0.3, 0.4) is 0 Å². The van der Waals surface area contributed by atoms with Crippen LogP contribution in [0.4, 0.5) is 16.0 Å². The molecule has 4 aromatic rings. The topological polar surface area (TPSA) is 128 Å². The number of carbonyl (C=O) groups excluding carboxylic acids is 2. The number of amides is 2. The van der Waals surface area contributed by atoms with Crippen molar-refractivity contribution in [2.24, 2.45) is 0 Å². The maximum atomic E-state index is 13.4. The zero-order chi connectivity index (χ0) is 27.4. The van der Waals surface area contributed by atoms with E-state index in [1.54, 1.807) is 49.8 Å². The summed E-state index contributed by atoms with van der Waals surface area (Å²) in [6, 6.07) is 8.94. The molecule has 0 aliphatic carbocycles. The number of pyridine rings is 1. The molecule has 1 saturated heterocycles. The summed E-state index contributed by atoms with van der Waals surface area (Å²) in [5.74, 6) is 0.111. The summed E-state index contributed by atoms with van der Waals surface area (Å²) >= 11 is 0. The Morgan fingerprint density at radius 2 is 2.00 bits per heavy atom. The van der Waals surface area contributed by atoms with Gasteiger partial charge < -0.3 is 20.7 Å². The summed E-state index contributed by atoms with van der Waals surface area (Å²) in [4.78, 5) is 40.7. The van der Waals surface area contributed by atoms with Crippen LogP contribution in [0.2, 0.25) is 0 Å². The van der Waals surface area contributed by atoms with E-state index in [-0.39, 0.29) is 17.8 Å². The third-order valence-electron chi connectivity index (χ3n) is 6.60. The molecule has 1 atom stereocenters. The van der Waals surface area contributed by atoms with Crippen LogP contribution in [0.5, 0.6) is 0 Å². The van der Waals surface area contributed by atoms with Gasteiger partial charge in [-0.3, -0.25) is 14.0 Å². The monoisotopic (exact) mass is 529 g/mol. The molecular formula is C28H28FN7O3. The molecule has 0 saturated carbocycles. The molecule has 0 bridgehead atoms. The Morgan fingerprint density at radius 3 is 2.77 bits per heavy atom. The first-order valence-corrected chi connectivity index (χ1v) is 12.6. The van der Waals surface area contributed by atoms with Gasteiger partial charge in [-0.25, -0.2) is 19.3 Å². The number of nitrogens with zero attached hydrogens (tertiary/aromatic N) is 5. The van der Waals surface area contributed by atoms with Crippen LogP contribution in [-0.4, -0.2) is 56.3 Å². The number of likely N-dealkylation sites (tertiary alicyclic amines) is 1. The largest absolute Gasteiger partial charge is 0.382 e. The highest BCUT2D eigenvalue weighted by molar-refractivity contribution is 6.04. The molecule has 5 rings (SSSR count). The third kappa shape index (κ3) is 5.48. The van der Waals surface area contributed by atoms with E-state index in [9.17, 15) is 14.0 Å². The molecule has 10 nitrogen and oxygen atoms in total. The van der Waals surface area contributed by atoms with Crippen LogP contribution in [0.25, 0.3) is 16.8 Å².